The molecule has 0 unspecified atom stereocenters. The minimum absolute atomic E-state index is 0.300. The lowest BCUT2D eigenvalue weighted by molar-refractivity contribution is -0.192. The number of nitrogens with one attached hydrogen (secondary N) is 2. The number of nitrogens with zero attached hydrogens (tertiary/aromatic N) is 4. The summed E-state index contributed by atoms with van der Waals surface area (Å²) in [6, 6.07) is 14.6. The first-order chi connectivity index (χ1) is 22.5. The van der Waals surface area contributed by atoms with Crippen LogP contribution in [0.15, 0.2) is 48.7 Å². The predicted octanol–water partition coefficient (Wildman–Crippen LogP) is 4.33. The van der Waals surface area contributed by atoms with Crippen LogP contribution in [-0.2, 0) is 27.2 Å². The van der Waals surface area contributed by atoms with E-state index in [0.717, 1.165) is 82.5 Å². The highest BCUT2D eigenvalue weighted by atomic mass is 19.4. The van der Waals surface area contributed by atoms with Crippen molar-refractivity contribution < 1.29 is 37.3 Å². The quantitative estimate of drug-likeness (QED) is 0.215. The van der Waals surface area contributed by atoms with E-state index < -0.39 is 18.1 Å². The Kier molecular flexibility index (Phi) is 10.6. The number of H-pyrrole nitrogens is 1. The number of aliphatic carboxylic acids is 1. The molecule has 47 heavy (non-hydrogen) atoms. The lowest BCUT2D eigenvalue weighted by atomic mass is 10.0. The molecule has 15 heteroatoms. The van der Waals surface area contributed by atoms with Gasteiger partial charge in [-0.3, -0.25) is 9.69 Å². The highest BCUT2D eigenvalue weighted by Gasteiger charge is 2.38. The van der Waals surface area contributed by atoms with E-state index in [1.54, 1.807) is 0 Å². The molecule has 2 fully saturated rings. The van der Waals surface area contributed by atoms with E-state index in [1.165, 1.54) is 17.3 Å². The van der Waals surface area contributed by atoms with Gasteiger partial charge in [-0.15, -0.1) is 0 Å². The molecular formula is C32H36F3N7O5. The van der Waals surface area contributed by atoms with Crippen LogP contribution in [0.2, 0.25) is 0 Å². The maximum Gasteiger partial charge on any atom is 0.490 e. The number of anilines is 3. The maximum atomic E-state index is 12.5. The third-order valence-corrected chi connectivity index (χ3v) is 7.92. The molecule has 4 heterocycles. The van der Waals surface area contributed by atoms with Crippen molar-refractivity contribution in [3.63, 3.8) is 0 Å². The van der Waals surface area contributed by atoms with E-state index in [2.05, 4.69) is 62.3 Å². The monoisotopic (exact) mass is 655 g/mol. The Balaban J connectivity index is 0.000000559. The number of carbonyl (C=O) groups is 2. The molecule has 0 bridgehead atoms. The van der Waals surface area contributed by atoms with Crippen LogP contribution in [0.1, 0.15) is 28.4 Å². The van der Waals surface area contributed by atoms with Gasteiger partial charge in [0.05, 0.1) is 37.7 Å². The van der Waals surface area contributed by atoms with Crippen molar-refractivity contribution in [3.8, 4) is 11.4 Å². The normalized spacial score (nSPS) is 15.6. The minimum Gasteiger partial charge on any atom is -0.475 e. The Morgan fingerprint density at radius 3 is 2.26 bits per heavy atom. The number of imidazole rings is 1. The van der Waals surface area contributed by atoms with Crippen LogP contribution >= 0.6 is 0 Å². The Morgan fingerprint density at radius 1 is 1.02 bits per heavy atom. The number of carbonyl (C=O) groups excluding carboxylic acids is 1. The molecule has 2 aliphatic rings. The molecule has 0 radical (unpaired) electrons. The predicted molar refractivity (Wildman–Crippen MR) is 170 cm³/mol. The number of morpholine rings is 2. The Labute approximate surface area is 268 Å². The molecule has 2 aliphatic heterocycles. The summed E-state index contributed by atoms with van der Waals surface area (Å²) in [5, 5.41) is 10.7. The van der Waals surface area contributed by atoms with Crippen molar-refractivity contribution in [3.05, 3.63) is 65.4 Å². The number of hydrogen-bond donors (Lipinski definition) is 4. The molecule has 0 aliphatic carbocycles. The van der Waals surface area contributed by atoms with E-state index in [4.69, 9.17) is 30.1 Å². The largest absolute Gasteiger partial charge is 0.490 e. The Hall–Kier alpha value is -4.73. The van der Waals surface area contributed by atoms with Gasteiger partial charge in [-0.05, 0) is 47.9 Å². The van der Waals surface area contributed by atoms with Crippen LogP contribution in [-0.4, -0.2) is 95.6 Å². The number of carboxylic acid groups (broad SMARTS) is 1. The second kappa shape index (κ2) is 14.8. The smallest absolute Gasteiger partial charge is 0.475 e. The average molecular weight is 656 g/mol. The molecule has 0 spiro atoms. The van der Waals surface area contributed by atoms with Crippen molar-refractivity contribution in [1.82, 2.24) is 19.9 Å². The lowest BCUT2D eigenvalue weighted by Crippen LogP contribution is -2.36. The van der Waals surface area contributed by atoms with Crippen LogP contribution < -0.4 is 16.0 Å². The molecule has 6 rings (SSSR count). The van der Waals surface area contributed by atoms with Gasteiger partial charge in [0, 0.05) is 55.9 Å². The van der Waals surface area contributed by atoms with Crippen molar-refractivity contribution in [2.24, 2.45) is 5.73 Å². The number of ether oxygens (including phenoxy) is 2. The van der Waals surface area contributed by atoms with Gasteiger partial charge in [0.1, 0.15) is 11.3 Å². The average Bonchev–Trinajstić information content (AvgIpc) is 3.51. The summed E-state index contributed by atoms with van der Waals surface area (Å²) in [6.07, 6.45) is -2.73. The van der Waals surface area contributed by atoms with Crippen LogP contribution in [0.5, 0.6) is 0 Å². The molecule has 4 aromatic rings. The number of carboxylic acids is 1. The first-order valence-corrected chi connectivity index (χ1v) is 15.1. The first-order valence-electron chi connectivity index (χ1n) is 15.1. The second-order valence-corrected chi connectivity index (χ2v) is 11.0. The van der Waals surface area contributed by atoms with E-state index in [0.29, 0.717) is 28.2 Å². The van der Waals surface area contributed by atoms with Gasteiger partial charge in [-0.1, -0.05) is 19.1 Å². The van der Waals surface area contributed by atoms with Gasteiger partial charge in [0.2, 0.25) is 0 Å². The van der Waals surface area contributed by atoms with Crippen molar-refractivity contribution in [2.45, 2.75) is 26.1 Å². The fourth-order valence-electron chi connectivity index (χ4n) is 5.51. The summed E-state index contributed by atoms with van der Waals surface area (Å²) in [5.74, 6) is -2.64. The number of halogens is 3. The molecule has 2 saturated heterocycles. The minimum atomic E-state index is -5.08. The van der Waals surface area contributed by atoms with Gasteiger partial charge in [0.15, 0.2) is 5.65 Å². The molecule has 12 nitrogen and oxygen atoms in total. The fourth-order valence-corrected chi connectivity index (χ4v) is 5.51. The van der Waals surface area contributed by atoms with Gasteiger partial charge in [0.25, 0.3) is 5.91 Å². The third kappa shape index (κ3) is 8.17. The van der Waals surface area contributed by atoms with E-state index in [1.807, 2.05) is 12.1 Å². The molecular weight excluding hydrogens is 619 g/mol. The molecule has 2 aromatic carbocycles. The summed E-state index contributed by atoms with van der Waals surface area (Å²) in [4.78, 5) is 38.8. The number of hydrogen-bond acceptors (Lipinski definition) is 9. The second-order valence-electron chi connectivity index (χ2n) is 11.0. The zero-order valence-corrected chi connectivity index (χ0v) is 25.8. The summed E-state index contributed by atoms with van der Waals surface area (Å²) >= 11 is 0. The Bertz CT molecular complexity index is 1700. The maximum absolute atomic E-state index is 12.5. The highest BCUT2D eigenvalue weighted by Crippen LogP contribution is 2.33. The zero-order chi connectivity index (χ0) is 33.6. The van der Waals surface area contributed by atoms with Crippen molar-refractivity contribution >= 4 is 40.1 Å². The van der Waals surface area contributed by atoms with Gasteiger partial charge >= 0.3 is 12.1 Å². The number of rotatable bonds is 8. The number of benzene rings is 2. The van der Waals surface area contributed by atoms with Crippen LogP contribution in [0, 0.1) is 0 Å². The molecule has 0 atom stereocenters. The zero-order valence-electron chi connectivity index (χ0n) is 25.8. The molecule has 0 saturated carbocycles. The SMILES string of the molecule is CCc1c(CN2CCOCC2)cccc1Nc1c(C(N)=O)cnc2[nH]c(-c3ccc(N4CCOCC4)cc3)nc12.O=C(O)C(F)(F)F. The van der Waals surface area contributed by atoms with Crippen LogP contribution in [0.3, 0.4) is 0 Å². The summed E-state index contributed by atoms with van der Waals surface area (Å²) in [5.41, 5.74) is 13.3. The molecule has 250 valence electrons. The summed E-state index contributed by atoms with van der Waals surface area (Å²) in [7, 11) is 0. The number of aromatic amines is 1. The van der Waals surface area contributed by atoms with E-state index >= 15 is 0 Å². The topological polar surface area (TPSA) is 159 Å². The van der Waals surface area contributed by atoms with Crippen LogP contribution in [0.25, 0.3) is 22.6 Å². The van der Waals surface area contributed by atoms with Crippen molar-refractivity contribution in [1.29, 1.82) is 0 Å². The van der Waals surface area contributed by atoms with Gasteiger partial charge in [-0.25, -0.2) is 14.8 Å². The number of amides is 1. The van der Waals surface area contributed by atoms with E-state index in [9.17, 15) is 18.0 Å². The first kappa shape index (κ1) is 33.6. The lowest BCUT2D eigenvalue weighted by Gasteiger charge is -2.28. The van der Waals surface area contributed by atoms with Crippen LogP contribution in [0.4, 0.5) is 30.2 Å². The standard InChI is InChI=1S/C30H35N7O3.C2HF3O2/c1-2-23-21(19-36-10-14-39-15-11-36)4-3-5-25(23)33-26-24(28(31)38)18-32-30-27(26)34-29(35-30)20-6-8-22(9-7-20)37-12-16-40-17-13-37;3-2(4,5)1(6)7/h3-9,18H,2,10-17,19H2,1H3,(H2,31,38)(H2,32,33,34,35);(H,6,7). The Morgan fingerprint density at radius 2 is 1.66 bits per heavy atom. The number of alkyl halides is 3. The number of fused-ring (bicyclic) bond motifs is 1. The number of aromatic nitrogens is 3. The fraction of sp³-hybridized carbons (Fsp3) is 0.375. The number of primary amides is 1. The summed E-state index contributed by atoms with van der Waals surface area (Å²) < 4.78 is 42.7. The third-order valence-electron chi connectivity index (χ3n) is 7.92. The highest BCUT2D eigenvalue weighted by molar-refractivity contribution is 6.06. The van der Waals surface area contributed by atoms with Crippen molar-refractivity contribution in [2.75, 3.05) is 62.8 Å². The number of pyridine rings is 1. The molecule has 5 N–H and O–H groups in total. The van der Waals surface area contributed by atoms with E-state index in [-0.39, 0.29) is 0 Å². The van der Waals surface area contributed by atoms with Gasteiger partial charge < -0.3 is 35.5 Å². The number of nitrogens with two attached hydrogens (primary N) is 1. The van der Waals surface area contributed by atoms with Gasteiger partial charge in [-0.2, -0.15) is 13.2 Å². The summed E-state index contributed by atoms with van der Waals surface area (Å²) in [6.45, 7) is 9.59. The molecule has 1 amide bonds. The molecule has 2 aromatic heterocycles.